The molecule has 0 bridgehead atoms. The molecule has 4 nitrogen and oxygen atoms in total. The van der Waals surface area contributed by atoms with Gasteiger partial charge in [0.25, 0.3) is 0 Å². The minimum Gasteiger partial charge on any atom is -0.745 e. The summed E-state index contributed by atoms with van der Waals surface area (Å²) in [5, 5.41) is 0. The summed E-state index contributed by atoms with van der Waals surface area (Å²) in [6.45, 7) is 4.22. The van der Waals surface area contributed by atoms with Crippen molar-refractivity contribution in [3.63, 3.8) is 0 Å². The zero-order valence-electron chi connectivity index (χ0n) is 12.9. The van der Waals surface area contributed by atoms with Crippen LogP contribution >= 0.6 is 0 Å². The van der Waals surface area contributed by atoms with Crippen LogP contribution in [-0.2, 0) is 15.5 Å². The van der Waals surface area contributed by atoms with Gasteiger partial charge in [-0.25, -0.2) is 8.42 Å². The standard InChI is InChI=1S/C16H18O4S.Na/c1-16(2,13-6-4-3-5-7-13)14-8-10-15(11-9-14)20-12-21(17,18)19;/h3-11H,12H2,1-2H3,(H,17,18,19);/q;+1/p-1. The molecular formula is C16H17NaO4S. The Morgan fingerprint density at radius 1 is 0.955 bits per heavy atom. The van der Waals surface area contributed by atoms with E-state index in [1.807, 2.05) is 30.3 Å². The molecule has 0 spiro atoms. The third-order valence-electron chi connectivity index (χ3n) is 3.44. The van der Waals surface area contributed by atoms with E-state index < -0.39 is 16.1 Å². The van der Waals surface area contributed by atoms with Crippen molar-refractivity contribution in [3.05, 3.63) is 65.7 Å². The third-order valence-corrected chi connectivity index (χ3v) is 3.85. The summed E-state index contributed by atoms with van der Waals surface area (Å²) in [6, 6.07) is 17.2. The minimum atomic E-state index is -4.38. The van der Waals surface area contributed by atoms with Crippen LogP contribution in [-0.4, -0.2) is 18.9 Å². The first-order chi connectivity index (χ1) is 9.79. The number of hydrogen-bond acceptors (Lipinski definition) is 4. The van der Waals surface area contributed by atoms with Crippen LogP contribution in [0.25, 0.3) is 0 Å². The molecule has 22 heavy (non-hydrogen) atoms. The van der Waals surface area contributed by atoms with Crippen molar-refractivity contribution in [1.29, 1.82) is 0 Å². The zero-order valence-corrected chi connectivity index (χ0v) is 15.8. The fraction of sp³-hybridized carbons (Fsp3) is 0.250. The van der Waals surface area contributed by atoms with Gasteiger partial charge in [-0.05, 0) is 23.3 Å². The smallest absolute Gasteiger partial charge is 0.745 e. The quantitative estimate of drug-likeness (QED) is 0.568. The van der Waals surface area contributed by atoms with Crippen molar-refractivity contribution in [1.82, 2.24) is 0 Å². The van der Waals surface area contributed by atoms with E-state index in [-0.39, 0.29) is 35.0 Å². The van der Waals surface area contributed by atoms with E-state index >= 15 is 0 Å². The van der Waals surface area contributed by atoms with Crippen LogP contribution in [0.4, 0.5) is 0 Å². The van der Waals surface area contributed by atoms with Crippen LogP contribution in [0.15, 0.2) is 54.6 Å². The van der Waals surface area contributed by atoms with Crippen LogP contribution in [0.2, 0.25) is 0 Å². The predicted molar refractivity (Wildman–Crippen MR) is 80.2 cm³/mol. The maximum atomic E-state index is 10.5. The van der Waals surface area contributed by atoms with Gasteiger partial charge in [0.2, 0.25) is 0 Å². The van der Waals surface area contributed by atoms with Gasteiger partial charge in [0.05, 0.1) is 0 Å². The average Bonchev–Trinajstić information content (AvgIpc) is 2.46. The largest absolute Gasteiger partial charge is 1.00 e. The molecule has 0 heterocycles. The summed E-state index contributed by atoms with van der Waals surface area (Å²) in [6.07, 6.45) is 0. The van der Waals surface area contributed by atoms with E-state index in [0.717, 1.165) is 5.56 Å². The Balaban J connectivity index is 0.00000242. The second kappa shape index (κ2) is 7.62. The van der Waals surface area contributed by atoms with E-state index in [1.165, 1.54) is 5.56 Å². The second-order valence-corrected chi connectivity index (χ2v) is 6.69. The van der Waals surface area contributed by atoms with Crippen LogP contribution in [0.1, 0.15) is 25.0 Å². The predicted octanol–water partition coefficient (Wildman–Crippen LogP) is -0.102. The van der Waals surface area contributed by atoms with Crippen LogP contribution in [0.3, 0.4) is 0 Å². The number of hydrogen-bond donors (Lipinski definition) is 0. The molecule has 0 saturated heterocycles. The molecule has 0 aliphatic rings. The van der Waals surface area contributed by atoms with Gasteiger partial charge in [0.15, 0.2) is 5.94 Å². The average molecular weight is 328 g/mol. The summed E-state index contributed by atoms with van der Waals surface area (Å²) in [7, 11) is -4.38. The second-order valence-electron chi connectivity index (χ2n) is 5.34. The van der Waals surface area contributed by atoms with Crippen molar-refractivity contribution in [3.8, 4) is 5.75 Å². The van der Waals surface area contributed by atoms with Gasteiger partial charge in [0.1, 0.15) is 15.9 Å². The molecule has 0 unspecified atom stereocenters. The molecule has 0 amide bonds. The van der Waals surface area contributed by atoms with Crippen molar-refractivity contribution < 1.29 is 47.3 Å². The Morgan fingerprint density at radius 3 is 1.95 bits per heavy atom. The molecule has 0 aliphatic carbocycles. The number of rotatable bonds is 5. The van der Waals surface area contributed by atoms with Gasteiger partial charge in [-0.1, -0.05) is 56.3 Å². The van der Waals surface area contributed by atoms with Crippen molar-refractivity contribution in [2.75, 3.05) is 5.94 Å². The van der Waals surface area contributed by atoms with E-state index in [2.05, 4.69) is 26.0 Å². The molecule has 0 saturated carbocycles. The summed E-state index contributed by atoms with van der Waals surface area (Å²) >= 11 is 0. The molecule has 2 rings (SSSR count). The van der Waals surface area contributed by atoms with Crippen LogP contribution < -0.4 is 34.3 Å². The molecule has 0 aliphatic heterocycles. The van der Waals surface area contributed by atoms with E-state index in [0.29, 0.717) is 5.75 Å². The summed E-state index contributed by atoms with van der Waals surface area (Å²) in [5.41, 5.74) is 2.08. The fourth-order valence-corrected chi connectivity index (χ4v) is 2.41. The first-order valence-corrected chi connectivity index (χ1v) is 8.09. The molecule has 0 radical (unpaired) electrons. The molecule has 2 aromatic carbocycles. The Bertz CT molecular complexity index is 695. The molecule has 0 atom stereocenters. The van der Waals surface area contributed by atoms with Gasteiger partial charge >= 0.3 is 29.6 Å². The topological polar surface area (TPSA) is 66.4 Å². The Labute approximate surface area is 153 Å². The van der Waals surface area contributed by atoms with Gasteiger partial charge in [-0.3, -0.25) is 0 Å². The van der Waals surface area contributed by atoms with Crippen LogP contribution in [0.5, 0.6) is 5.75 Å². The van der Waals surface area contributed by atoms with Gasteiger partial charge in [-0.2, -0.15) is 0 Å². The monoisotopic (exact) mass is 328 g/mol. The van der Waals surface area contributed by atoms with Crippen molar-refractivity contribution in [2.24, 2.45) is 0 Å². The van der Waals surface area contributed by atoms with E-state index in [9.17, 15) is 13.0 Å². The molecule has 0 N–H and O–H groups in total. The van der Waals surface area contributed by atoms with Crippen LogP contribution in [0, 0.1) is 0 Å². The maximum Gasteiger partial charge on any atom is 1.00 e. The third kappa shape index (κ3) is 5.11. The number of benzene rings is 2. The Hall–Kier alpha value is -0.850. The van der Waals surface area contributed by atoms with E-state index in [1.54, 1.807) is 12.1 Å². The molecular weight excluding hydrogens is 311 g/mol. The maximum absolute atomic E-state index is 10.5. The fourth-order valence-electron chi connectivity index (χ4n) is 2.13. The summed E-state index contributed by atoms with van der Waals surface area (Å²) in [4.78, 5) is 0. The van der Waals surface area contributed by atoms with Gasteiger partial charge in [0, 0.05) is 5.41 Å². The molecule has 112 valence electrons. The first kappa shape index (κ1) is 19.2. The summed E-state index contributed by atoms with van der Waals surface area (Å²) in [5.74, 6) is -0.490. The van der Waals surface area contributed by atoms with E-state index in [4.69, 9.17) is 4.74 Å². The zero-order chi connectivity index (χ0) is 15.5. The molecule has 2 aromatic rings. The van der Waals surface area contributed by atoms with Gasteiger partial charge < -0.3 is 9.29 Å². The minimum absolute atomic E-state index is 0. The molecule has 0 aromatic heterocycles. The van der Waals surface area contributed by atoms with Crippen molar-refractivity contribution in [2.45, 2.75) is 19.3 Å². The first-order valence-electron chi connectivity index (χ1n) is 6.51. The Morgan fingerprint density at radius 2 is 1.45 bits per heavy atom. The molecule has 0 fully saturated rings. The Kier molecular flexibility index (Phi) is 6.65. The normalized spacial score (nSPS) is 11.6. The van der Waals surface area contributed by atoms with Gasteiger partial charge in [-0.15, -0.1) is 0 Å². The summed E-state index contributed by atoms with van der Waals surface area (Å²) < 4.78 is 36.5. The molecule has 6 heteroatoms. The van der Waals surface area contributed by atoms with Crippen molar-refractivity contribution >= 4 is 10.1 Å². The number of ether oxygens (including phenoxy) is 1. The SMILES string of the molecule is CC(C)(c1ccccc1)c1ccc(OCS(=O)(=O)[O-])cc1.[Na+].